The maximum Gasteiger partial charge on any atom is 0.273 e. The number of rotatable bonds is 9. The van der Waals surface area contributed by atoms with E-state index in [1.807, 2.05) is 0 Å². The zero-order valence-electron chi connectivity index (χ0n) is 11.3. The molecule has 20 heavy (non-hydrogen) atoms. The van der Waals surface area contributed by atoms with E-state index in [2.05, 4.69) is 14.8 Å². The summed E-state index contributed by atoms with van der Waals surface area (Å²) in [4.78, 5) is 0. The Bertz CT molecular complexity index is 621. The smallest absolute Gasteiger partial charge is 0.273 e. The van der Waals surface area contributed by atoms with Crippen molar-refractivity contribution in [1.29, 1.82) is 0 Å². The maximum atomic E-state index is 11.4. The fourth-order valence-corrected chi connectivity index (χ4v) is 2.56. The number of hydrogen-bond donors (Lipinski definition) is 3. The van der Waals surface area contributed by atoms with Gasteiger partial charge in [-0.1, -0.05) is 0 Å². The van der Waals surface area contributed by atoms with Gasteiger partial charge in [0.1, 0.15) is 5.76 Å². The van der Waals surface area contributed by atoms with Crippen LogP contribution in [0.2, 0.25) is 0 Å². The van der Waals surface area contributed by atoms with Crippen LogP contribution in [-0.2, 0) is 26.6 Å². The van der Waals surface area contributed by atoms with E-state index >= 15 is 0 Å². The standard InChI is InChI=1S/C10H19N3O5S2/c1-11-20(16,17)10-5-4-9(18-10)8-12-6-3-7-13-19(2,14)15/h4-5,11-13H,3,6-8H2,1-2H3. The highest BCUT2D eigenvalue weighted by atomic mass is 32.2. The van der Waals surface area contributed by atoms with Crippen LogP contribution in [0.3, 0.4) is 0 Å². The van der Waals surface area contributed by atoms with Crippen molar-refractivity contribution in [3.05, 3.63) is 17.9 Å². The Kier molecular flexibility index (Phi) is 6.14. The summed E-state index contributed by atoms with van der Waals surface area (Å²) in [6, 6.07) is 2.96. The molecule has 10 heteroatoms. The lowest BCUT2D eigenvalue weighted by atomic mass is 10.4. The summed E-state index contributed by atoms with van der Waals surface area (Å²) >= 11 is 0. The molecule has 0 atom stereocenters. The zero-order valence-corrected chi connectivity index (χ0v) is 13.0. The third-order valence-corrected chi connectivity index (χ3v) is 4.38. The molecule has 1 rings (SSSR count). The van der Waals surface area contributed by atoms with Crippen molar-refractivity contribution >= 4 is 20.0 Å². The van der Waals surface area contributed by atoms with Gasteiger partial charge in [0.05, 0.1) is 12.8 Å². The van der Waals surface area contributed by atoms with Gasteiger partial charge in [-0.3, -0.25) is 0 Å². The first-order valence-corrected chi connectivity index (χ1v) is 9.30. The Morgan fingerprint density at radius 2 is 1.85 bits per heavy atom. The molecule has 116 valence electrons. The van der Waals surface area contributed by atoms with Crippen LogP contribution in [0.5, 0.6) is 0 Å². The normalized spacial score (nSPS) is 12.7. The van der Waals surface area contributed by atoms with Crippen molar-refractivity contribution in [2.75, 3.05) is 26.4 Å². The second kappa shape index (κ2) is 7.18. The summed E-state index contributed by atoms with van der Waals surface area (Å²) in [6.45, 7) is 1.30. The van der Waals surface area contributed by atoms with Crippen molar-refractivity contribution in [3.63, 3.8) is 0 Å². The maximum absolute atomic E-state index is 11.4. The molecule has 0 bridgehead atoms. The lowest BCUT2D eigenvalue weighted by Gasteiger charge is -2.03. The number of furan rings is 1. The van der Waals surface area contributed by atoms with Gasteiger partial charge >= 0.3 is 0 Å². The summed E-state index contributed by atoms with van der Waals surface area (Å²) in [5, 5.41) is 2.90. The summed E-state index contributed by atoms with van der Waals surface area (Å²) in [6.07, 6.45) is 1.72. The number of hydrogen-bond acceptors (Lipinski definition) is 6. The minimum atomic E-state index is -3.55. The van der Waals surface area contributed by atoms with Crippen LogP contribution in [0.15, 0.2) is 21.6 Å². The molecule has 3 N–H and O–H groups in total. The van der Waals surface area contributed by atoms with Crippen molar-refractivity contribution in [3.8, 4) is 0 Å². The zero-order chi connectivity index (χ0) is 15.2. The molecule has 0 fully saturated rings. The van der Waals surface area contributed by atoms with Crippen LogP contribution in [0.25, 0.3) is 0 Å². The second-order valence-electron chi connectivity index (χ2n) is 4.13. The van der Waals surface area contributed by atoms with Crippen LogP contribution < -0.4 is 14.8 Å². The van der Waals surface area contributed by atoms with Gasteiger partial charge in [-0.05, 0) is 32.1 Å². The fourth-order valence-electron chi connectivity index (χ4n) is 1.38. The van der Waals surface area contributed by atoms with E-state index in [9.17, 15) is 16.8 Å². The SMILES string of the molecule is CNS(=O)(=O)c1ccc(CNCCCNS(C)(=O)=O)o1. The molecule has 0 aliphatic rings. The van der Waals surface area contributed by atoms with Crippen molar-refractivity contribution in [1.82, 2.24) is 14.8 Å². The second-order valence-corrected chi connectivity index (χ2v) is 7.78. The predicted molar refractivity (Wildman–Crippen MR) is 74.1 cm³/mol. The minimum Gasteiger partial charge on any atom is -0.447 e. The first-order chi connectivity index (χ1) is 9.24. The number of sulfonamides is 2. The molecule has 0 amide bonds. The molecule has 1 aromatic heterocycles. The van der Waals surface area contributed by atoms with Gasteiger partial charge in [-0.15, -0.1) is 0 Å². The molecular weight excluding hydrogens is 306 g/mol. The summed E-state index contributed by atoms with van der Waals surface area (Å²) < 4.78 is 54.2. The van der Waals surface area contributed by atoms with Gasteiger partial charge < -0.3 is 9.73 Å². The molecule has 1 aromatic rings. The quantitative estimate of drug-likeness (QED) is 0.513. The Balaban J connectivity index is 2.30. The van der Waals surface area contributed by atoms with Gasteiger partial charge in [0, 0.05) is 6.54 Å². The topological polar surface area (TPSA) is 118 Å². The molecule has 1 heterocycles. The third-order valence-electron chi connectivity index (χ3n) is 2.36. The average molecular weight is 325 g/mol. The van der Waals surface area contributed by atoms with Crippen LogP contribution in [0.4, 0.5) is 0 Å². The van der Waals surface area contributed by atoms with Crippen LogP contribution >= 0.6 is 0 Å². The van der Waals surface area contributed by atoms with Crippen LogP contribution in [0, 0.1) is 0 Å². The van der Waals surface area contributed by atoms with E-state index in [0.29, 0.717) is 31.8 Å². The van der Waals surface area contributed by atoms with Crippen molar-refractivity contribution < 1.29 is 21.3 Å². The van der Waals surface area contributed by atoms with Gasteiger partial charge in [0.15, 0.2) is 0 Å². The van der Waals surface area contributed by atoms with E-state index in [1.54, 1.807) is 6.07 Å². The molecule has 0 radical (unpaired) electrons. The third kappa shape index (κ3) is 6.01. The van der Waals surface area contributed by atoms with E-state index in [0.717, 1.165) is 6.26 Å². The highest BCUT2D eigenvalue weighted by Crippen LogP contribution is 2.12. The minimum absolute atomic E-state index is 0.129. The van der Waals surface area contributed by atoms with E-state index in [-0.39, 0.29) is 5.09 Å². The van der Waals surface area contributed by atoms with Gasteiger partial charge in [-0.2, -0.15) is 0 Å². The molecule has 0 saturated heterocycles. The molecule has 0 saturated carbocycles. The Morgan fingerprint density at radius 3 is 2.45 bits per heavy atom. The largest absolute Gasteiger partial charge is 0.447 e. The summed E-state index contributed by atoms with van der Waals surface area (Å²) in [5.74, 6) is 0.495. The predicted octanol–water partition coefficient (Wildman–Crippen LogP) is -0.783. The molecule has 8 nitrogen and oxygen atoms in total. The Labute approximate surface area is 119 Å². The highest BCUT2D eigenvalue weighted by Gasteiger charge is 2.15. The first-order valence-electron chi connectivity index (χ1n) is 5.92. The lowest BCUT2D eigenvalue weighted by Crippen LogP contribution is -2.26. The summed E-state index contributed by atoms with van der Waals surface area (Å²) in [7, 11) is -5.39. The first kappa shape index (κ1) is 17.1. The van der Waals surface area contributed by atoms with Crippen LogP contribution in [-0.4, -0.2) is 43.2 Å². The van der Waals surface area contributed by atoms with E-state index in [4.69, 9.17) is 4.42 Å². The van der Waals surface area contributed by atoms with Crippen molar-refractivity contribution in [2.24, 2.45) is 0 Å². The Morgan fingerprint density at radius 1 is 1.15 bits per heavy atom. The molecule has 0 aromatic carbocycles. The molecule has 0 spiro atoms. The molecule has 0 aliphatic heterocycles. The summed E-state index contributed by atoms with van der Waals surface area (Å²) in [5.41, 5.74) is 0. The van der Waals surface area contributed by atoms with Crippen LogP contribution in [0.1, 0.15) is 12.2 Å². The van der Waals surface area contributed by atoms with E-state index < -0.39 is 20.0 Å². The van der Waals surface area contributed by atoms with E-state index in [1.165, 1.54) is 13.1 Å². The fraction of sp³-hybridized carbons (Fsp3) is 0.600. The molecular formula is C10H19N3O5S2. The van der Waals surface area contributed by atoms with Gasteiger partial charge in [0.25, 0.3) is 10.0 Å². The lowest BCUT2D eigenvalue weighted by molar-refractivity contribution is 0.400. The highest BCUT2D eigenvalue weighted by molar-refractivity contribution is 7.89. The van der Waals surface area contributed by atoms with Crippen molar-refractivity contribution in [2.45, 2.75) is 18.1 Å². The monoisotopic (exact) mass is 325 g/mol. The van der Waals surface area contributed by atoms with Gasteiger partial charge in [0.2, 0.25) is 15.1 Å². The Hall–Kier alpha value is -0.940. The molecule has 0 unspecified atom stereocenters. The molecule has 0 aliphatic carbocycles. The number of nitrogens with one attached hydrogen (secondary N) is 3. The van der Waals surface area contributed by atoms with Gasteiger partial charge in [-0.25, -0.2) is 26.3 Å². The average Bonchev–Trinajstić information content (AvgIpc) is 2.81.